The van der Waals surface area contributed by atoms with Crippen LogP contribution >= 0.6 is 11.3 Å². The summed E-state index contributed by atoms with van der Waals surface area (Å²) in [5.41, 5.74) is 1.58. The topological polar surface area (TPSA) is 93.8 Å². The van der Waals surface area contributed by atoms with E-state index in [4.69, 9.17) is 4.52 Å². The monoisotopic (exact) mass is 315 g/mol. The van der Waals surface area contributed by atoms with Crippen LogP contribution in [0.15, 0.2) is 29.0 Å². The Morgan fingerprint density at radius 1 is 1.36 bits per heavy atom. The van der Waals surface area contributed by atoms with Crippen molar-refractivity contribution in [3.63, 3.8) is 0 Å². The van der Waals surface area contributed by atoms with E-state index in [0.717, 1.165) is 10.6 Å². The minimum atomic E-state index is -0.201. The van der Waals surface area contributed by atoms with Crippen molar-refractivity contribution in [3.05, 3.63) is 46.8 Å². The summed E-state index contributed by atoms with van der Waals surface area (Å²) >= 11 is 1.33. The van der Waals surface area contributed by atoms with Gasteiger partial charge in [0.05, 0.1) is 12.2 Å². The van der Waals surface area contributed by atoms with Crippen molar-refractivity contribution in [1.29, 1.82) is 0 Å². The average molecular weight is 315 g/mol. The molecule has 0 aromatic carbocycles. The van der Waals surface area contributed by atoms with Crippen LogP contribution in [-0.4, -0.2) is 26.0 Å². The summed E-state index contributed by atoms with van der Waals surface area (Å²) in [5, 5.41) is 7.27. The zero-order chi connectivity index (χ0) is 15.5. The van der Waals surface area contributed by atoms with Gasteiger partial charge in [-0.25, -0.2) is 4.98 Å². The van der Waals surface area contributed by atoms with Crippen molar-refractivity contribution in [2.45, 2.75) is 20.4 Å². The molecule has 3 aromatic rings. The first-order chi connectivity index (χ1) is 10.6. The van der Waals surface area contributed by atoms with Crippen LogP contribution in [-0.2, 0) is 6.54 Å². The van der Waals surface area contributed by atoms with Crippen molar-refractivity contribution in [3.8, 4) is 10.6 Å². The zero-order valence-electron chi connectivity index (χ0n) is 12.0. The van der Waals surface area contributed by atoms with Crippen molar-refractivity contribution >= 4 is 17.2 Å². The third-order valence-corrected chi connectivity index (χ3v) is 4.09. The molecule has 7 nitrogen and oxygen atoms in total. The first-order valence-electron chi connectivity index (χ1n) is 6.58. The molecule has 0 aliphatic heterocycles. The molecule has 1 N–H and O–H groups in total. The van der Waals surface area contributed by atoms with Crippen LogP contribution in [0.3, 0.4) is 0 Å². The molecule has 3 rings (SSSR count). The zero-order valence-corrected chi connectivity index (χ0v) is 12.8. The molecule has 0 aliphatic rings. The number of nitrogens with zero attached hydrogens (tertiary/aromatic N) is 4. The number of thiazole rings is 1. The second-order valence-electron chi connectivity index (χ2n) is 4.59. The molecule has 0 unspecified atom stereocenters. The smallest absolute Gasteiger partial charge is 0.263 e. The first kappa shape index (κ1) is 14.3. The van der Waals surface area contributed by atoms with Crippen molar-refractivity contribution < 1.29 is 9.32 Å². The molecule has 3 aromatic heterocycles. The van der Waals surface area contributed by atoms with Crippen LogP contribution < -0.4 is 5.32 Å². The van der Waals surface area contributed by atoms with Gasteiger partial charge in [0.15, 0.2) is 5.82 Å². The second kappa shape index (κ2) is 6.02. The van der Waals surface area contributed by atoms with Crippen molar-refractivity contribution in [2.24, 2.45) is 0 Å². The third kappa shape index (κ3) is 3.01. The van der Waals surface area contributed by atoms with Gasteiger partial charge in [0.1, 0.15) is 9.88 Å². The fourth-order valence-electron chi connectivity index (χ4n) is 1.87. The molecular weight excluding hydrogens is 302 g/mol. The van der Waals surface area contributed by atoms with Gasteiger partial charge in [-0.2, -0.15) is 4.98 Å². The summed E-state index contributed by atoms with van der Waals surface area (Å²) in [6.45, 7) is 3.73. The minimum Gasteiger partial charge on any atom is -0.344 e. The Morgan fingerprint density at radius 2 is 2.23 bits per heavy atom. The standard InChI is InChI=1S/C14H13N5O2S/c1-8-12(13(20)16-7-11-18-9(2)21-19-11)22-14(17-8)10-4-3-5-15-6-10/h3-6H,7H2,1-2H3,(H,16,20). The maximum absolute atomic E-state index is 12.2. The lowest BCUT2D eigenvalue weighted by Gasteiger charge is -1.99. The number of aryl methyl sites for hydroxylation is 2. The molecule has 22 heavy (non-hydrogen) atoms. The summed E-state index contributed by atoms with van der Waals surface area (Å²) in [6.07, 6.45) is 3.42. The van der Waals surface area contributed by atoms with E-state index in [-0.39, 0.29) is 12.5 Å². The summed E-state index contributed by atoms with van der Waals surface area (Å²) in [7, 11) is 0. The number of pyridine rings is 1. The average Bonchev–Trinajstić information content (AvgIpc) is 3.12. The molecular formula is C14H13N5O2S. The van der Waals surface area contributed by atoms with Crippen LogP contribution in [0.4, 0.5) is 0 Å². The second-order valence-corrected chi connectivity index (χ2v) is 5.59. The number of aromatic nitrogens is 4. The lowest BCUT2D eigenvalue weighted by Crippen LogP contribution is -2.23. The number of carbonyl (C=O) groups is 1. The Balaban J connectivity index is 1.74. The molecule has 0 spiro atoms. The van der Waals surface area contributed by atoms with Crippen molar-refractivity contribution in [1.82, 2.24) is 25.4 Å². The van der Waals surface area contributed by atoms with E-state index in [9.17, 15) is 4.79 Å². The largest absolute Gasteiger partial charge is 0.344 e. The van der Waals surface area contributed by atoms with E-state index < -0.39 is 0 Å². The normalized spacial score (nSPS) is 10.6. The fourth-order valence-corrected chi connectivity index (χ4v) is 2.85. The highest BCUT2D eigenvalue weighted by molar-refractivity contribution is 7.17. The Labute approximate surface area is 130 Å². The molecule has 0 fully saturated rings. The molecule has 0 radical (unpaired) electrons. The summed E-state index contributed by atoms with van der Waals surface area (Å²) in [6, 6.07) is 3.75. The lowest BCUT2D eigenvalue weighted by atomic mass is 10.3. The number of hydrogen-bond donors (Lipinski definition) is 1. The van der Waals surface area contributed by atoms with E-state index in [1.807, 2.05) is 19.1 Å². The lowest BCUT2D eigenvalue weighted by molar-refractivity contribution is 0.0953. The van der Waals surface area contributed by atoms with E-state index in [2.05, 4.69) is 25.4 Å². The minimum absolute atomic E-state index is 0.201. The van der Waals surface area contributed by atoms with E-state index in [1.165, 1.54) is 11.3 Å². The molecule has 112 valence electrons. The van der Waals surface area contributed by atoms with Gasteiger partial charge in [0.25, 0.3) is 5.91 Å². The number of hydrogen-bond acceptors (Lipinski definition) is 7. The maximum atomic E-state index is 12.2. The molecule has 3 heterocycles. The number of carbonyl (C=O) groups excluding carboxylic acids is 1. The Kier molecular flexibility index (Phi) is 3.92. The summed E-state index contributed by atoms with van der Waals surface area (Å²) in [4.78, 5) is 25.3. The predicted octanol–water partition coefficient (Wildman–Crippen LogP) is 2.13. The molecule has 0 bridgehead atoms. The van der Waals surface area contributed by atoms with Gasteiger partial charge in [-0.1, -0.05) is 5.16 Å². The van der Waals surface area contributed by atoms with Gasteiger partial charge in [-0.15, -0.1) is 11.3 Å². The van der Waals surface area contributed by atoms with Crippen LogP contribution in [0.25, 0.3) is 10.6 Å². The first-order valence-corrected chi connectivity index (χ1v) is 7.40. The van der Waals surface area contributed by atoms with E-state index in [0.29, 0.717) is 22.3 Å². The van der Waals surface area contributed by atoms with Crippen LogP contribution in [0.2, 0.25) is 0 Å². The fraction of sp³-hybridized carbons (Fsp3) is 0.214. The van der Waals surface area contributed by atoms with E-state index >= 15 is 0 Å². The predicted molar refractivity (Wildman–Crippen MR) is 80.3 cm³/mol. The van der Waals surface area contributed by atoms with Crippen LogP contribution in [0.1, 0.15) is 27.1 Å². The third-order valence-electron chi connectivity index (χ3n) is 2.89. The summed E-state index contributed by atoms with van der Waals surface area (Å²) in [5.74, 6) is 0.713. The van der Waals surface area contributed by atoms with E-state index in [1.54, 1.807) is 19.3 Å². The number of amides is 1. The highest BCUT2D eigenvalue weighted by Gasteiger charge is 2.16. The quantitative estimate of drug-likeness (QED) is 0.792. The van der Waals surface area contributed by atoms with Gasteiger partial charge in [-0.05, 0) is 19.1 Å². The Hall–Kier alpha value is -2.61. The molecule has 0 aliphatic carbocycles. The van der Waals surface area contributed by atoms with Gasteiger partial charge >= 0.3 is 0 Å². The summed E-state index contributed by atoms with van der Waals surface area (Å²) < 4.78 is 4.86. The number of rotatable bonds is 4. The van der Waals surface area contributed by atoms with Crippen molar-refractivity contribution in [2.75, 3.05) is 0 Å². The Bertz CT molecular complexity index is 797. The molecule has 0 saturated carbocycles. The molecule has 8 heteroatoms. The number of nitrogens with one attached hydrogen (secondary N) is 1. The van der Waals surface area contributed by atoms with Gasteiger partial charge in [-0.3, -0.25) is 9.78 Å². The van der Waals surface area contributed by atoms with Crippen LogP contribution in [0.5, 0.6) is 0 Å². The molecule has 0 atom stereocenters. The maximum Gasteiger partial charge on any atom is 0.263 e. The van der Waals surface area contributed by atoms with Crippen LogP contribution in [0, 0.1) is 13.8 Å². The van der Waals surface area contributed by atoms with Gasteiger partial charge in [0.2, 0.25) is 5.89 Å². The SMILES string of the molecule is Cc1nc(CNC(=O)c2sc(-c3cccnc3)nc2C)no1. The van der Waals surface area contributed by atoms with Gasteiger partial charge in [0, 0.05) is 24.9 Å². The Morgan fingerprint density at radius 3 is 2.91 bits per heavy atom. The highest BCUT2D eigenvalue weighted by atomic mass is 32.1. The van der Waals surface area contributed by atoms with Gasteiger partial charge < -0.3 is 9.84 Å². The highest BCUT2D eigenvalue weighted by Crippen LogP contribution is 2.27. The molecule has 1 amide bonds. The molecule has 0 saturated heterocycles.